The number of nitriles is 1. The maximum atomic E-state index is 12.8. The van der Waals surface area contributed by atoms with Crippen LogP contribution in [0.15, 0.2) is 78.9 Å². The first kappa shape index (κ1) is 26.4. The molecule has 0 aromatic heterocycles. The largest absolute Gasteiger partial charge is 0.378 e. The number of nitrogens with one attached hydrogen (secondary N) is 1. The Kier molecular flexibility index (Phi) is 9.31. The van der Waals surface area contributed by atoms with Crippen LogP contribution in [0.4, 0.5) is 5.69 Å². The highest BCUT2D eigenvalue weighted by Crippen LogP contribution is 2.31. The Hall–Kier alpha value is -3.66. The van der Waals surface area contributed by atoms with Crippen molar-refractivity contribution >= 4 is 11.6 Å². The Labute approximate surface area is 219 Å². The van der Waals surface area contributed by atoms with Gasteiger partial charge in [0.1, 0.15) is 18.8 Å². The zero-order chi connectivity index (χ0) is 26.0. The molecule has 0 bridgehead atoms. The second-order valence-corrected chi connectivity index (χ2v) is 9.69. The Balaban J connectivity index is 1.56. The van der Waals surface area contributed by atoms with Crippen molar-refractivity contribution in [1.82, 2.24) is 5.32 Å². The number of benzene rings is 3. The summed E-state index contributed by atoms with van der Waals surface area (Å²) >= 11 is 0. The Morgan fingerprint density at radius 2 is 1.54 bits per heavy atom. The third-order valence-electron chi connectivity index (χ3n) is 6.51. The number of anilines is 1. The summed E-state index contributed by atoms with van der Waals surface area (Å²) in [7, 11) is 0. The molecule has 6 nitrogen and oxygen atoms in total. The first-order chi connectivity index (χ1) is 18.0. The fourth-order valence-corrected chi connectivity index (χ4v) is 4.57. The van der Waals surface area contributed by atoms with Crippen LogP contribution in [0.2, 0.25) is 0 Å². The van der Waals surface area contributed by atoms with E-state index in [1.54, 1.807) is 0 Å². The van der Waals surface area contributed by atoms with Crippen molar-refractivity contribution < 1.29 is 14.3 Å². The number of hydrogen-bond donors (Lipinski definition) is 1. The molecule has 4 rings (SSSR count). The lowest BCUT2D eigenvalue weighted by molar-refractivity contribution is -0.136. The van der Waals surface area contributed by atoms with Gasteiger partial charge < -0.3 is 19.7 Å². The van der Waals surface area contributed by atoms with E-state index in [-0.39, 0.29) is 18.4 Å². The van der Waals surface area contributed by atoms with Gasteiger partial charge >= 0.3 is 0 Å². The standard InChI is InChI=1S/C31H35N3O3/c1-23(2)22-29(31(35)33-17-16-32)37-30(26-6-4-3-5-7-26)27-10-8-24(9-11-27)25-12-14-28(15-13-25)34-18-20-36-21-19-34/h3-15,23,29-30H,17-22H2,1-2H3,(H,33,35)/t29-,30?/m0/s1. The van der Waals surface area contributed by atoms with E-state index >= 15 is 0 Å². The van der Waals surface area contributed by atoms with Crippen LogP contribution < -0.4 is 10.2 Å². The van der Waals surface area contributed by atoms with Gasteiger partial charge in [-0.2, -0.15) is 5.26 Å². The van der Waals surface area contributed by atoms with Gasteiger partial charge in [0.25, 0.3) is 0 Å². The first-order valence-electron chi connectivity index (χ1n) is 12.9. The topological polar surface area (TPSA) is 74.6 Å². The van der Waals surface area contributed by atoms with Gasteiger partial charge in [-0.1, -0.05) is 80.6 Å². The van der Waals surface area contributed by atoms with Gasteiger partial charge in [0, 0.05) is 18.8 Å². The third kappa shape index (κ3) is 7.19. The highest BCUT2D eigenvalue weighted by atomic mass is 16.5. The molecular weight excluding hydrogens is 462 g/mol. The summed E-state index contributed by atoms with van der Waals surface area (Å²) in [6, 6.07) is 28.9. The average molecular weight is 498 g/mol. The maximum Gasteiger partial charge on any atom is 0.250 e. The van der Waals surface area contributed by atoms with Crippen molar-refractivity contribution in [2.75, 3.05) is 37.7 Å². The predicted octanol–water partition coefficient (Wildman–Crippen LogP) is 5.35. The number of nitrogens with zero attached hydrogens (tertiary/aromatic N) is 2. The maximum absolute atomic E-state index is 12.8. The van der Waals surface area contributed by atoms with E-state index in [0.29, 0.717) is 6.42 Å². The number of amides is 1. The summed E-state index contributed by atoms with van der Waals surface area (Å²) in [5.74, 6) is 0.00484. The number of morpholine rings is 1. The van der Waals surface area contributed by atoms with E-state index in [2.05, 4.69) is 72.6 Å². The second kappa shape index (κ2) is 13.0. The van der Waals surface area contributed by atoms with Crippen molar-refractivity contribution in [3.63, 3.8) is 0 Å². The lowest BCUT2D eigenvalue weighted by Gasteiger charge is -2.29. The van der Waals surface area contributed by atoms with E-state index in [4.69, 9.17) is 14.7 Å². The van der Waals surface area contributed by atoms with Crippen molar-refractivity contribution in [3.05, 3.63) is 90.0 Å². The minimum atomic E-state index is -0.661. The Morgan fingerprint density at radius 3 is 2.14 bits per heavy atom. The van der Waals surface area contributed by atoms with Crippen molar-refractivity contribution in [1.29, 1.82) is 5.26 Å². The number of ether oxygens (including phenoxy) is 2. The van der Waals surface area contributed by atoms with Crippen LogP contribution in [-0.4, -0.2) is 44.9 Å². The van der Waals surface area contributed by atoms with Gasteiger partial charge in [0.2, 0.25) is 5.91 Å². The summed E-state index contributed by atoms with van der Waals surface area (Å²) in [5, 5.41) is 11.6. The molecule has 0 aliphatic carbocycles. The Morgan fingerprint density at radius 1 is 0.946 bits per heavy atom. The van der Waals surface area contributed by atoms with Gasteiger partial charge in [-0.05, 0) is 46.7 Å². The molecule has 0 spiro atoms. The lowest BCUT2D eigenvalue weighted by atomic mass is 9.97. The monoisotopic (exact) mass is 497 g/mol. The molecule has 192 valence electrons. The highest BCUT2D eigenvalue weighted by Gasteiger charge is 2.26. The molecule has 1 N–H and O–H groups in total. The molecule has 1 aliphatic heterocycles. The van der Waals surface area contributed by atoms with Gasteiger partial charge in [0.15, 0.2) is 0 Å². The lowest BCUT2D eigenvalue weighted by Crippen LogP contribution is -2.38. The summed E-state index contributed by atoms with van der Waals surface area (Å²) in [4.78, 5) is 15.2. The molecule has 1 heterocycles. The number of hydrogen-bond acceptors (Lipinski definition) is 5. The number of carbonyl (C=O) groups excluding carboxylic acids is 1. The zero-order valence-corrected chi connectivity index (χ0v) is 21.6. The SMILES string of the molecule is CC(C)C[C@H](OC(c1ccccc1)c1ccc(-c2ccc(N3CCOCC3)cc2)cc1)C(=O)NCC#N. The zero-order valence-electron chi connectivity index (χ0n) is 21.6. The normalized spacial score (nSPS) is 15.1. The molecule has 2 atom stereocenters. The summed E-state index contributed by atoms with van der Waals surface area (Å²) in [5.41, 5.74) is 5.43. The van der Waals surface area contributed by atoms with Crippen LogP contribution in [-0.2, 0) is 14.3 Å². The smallest absolute Gasteiger partial charge is 0.250 e. The average Bonchev–Trinajstić information content (AvgIpc) is 2.95. The van der Waals surface area contributed by atoms with Gasteiger partial charge in [-0.25, -0.2) is 0 Å². The molecule has 6 heteroatoms. The van der Waals surface area contributed by atoms with Crippen LogP contribution in [0.5, 0.6) is 0 Å². The molecule has 1 amide bonds. The van der Waals surface area contributed by atoms with Crippen LogP contribution in [0.3, 0.4) is 0 Å². The molecule has 0 saturated carbocycles. The van der Waals surface area contributed by atoms with Gasteiger partial charge in [-0.3, -0.25) is 4.79 Å². The van der Waals surface area contributed by atoms with Crippen molar-refractivity contribution in [2.24, 2.45) is 5.92 Å². The summed E-state index contributed by atoms with van der Waals surface area (Å²) in [6.07, 6.45) is -0.504. The predicted molar refractivity (Wildman–Crippen MR) is 146 cm³/mol. The van der Waals surface area contributed by atoms with E-state index in [9.17, 15) is 4.79 Å². The fourth-order valence-electron chi connectivity index (χ4n) is 4.57. The minimum Gasteiger partial charge on any atom is -0.378 e. The molecule has 3 aromatic carbocycles. The van der Waals surface area contributed by atoms with Gasteiger partial charge in [-0.15, -0.1) is 0 Å². The second-order valence-electron chi connectivity index (χ2n) is 9.69. The van der Waals surface area contributed by atoms with Gasteiger partial charge in [0.05, 0.1) is 19.3 Å². The Bertz CT molecular complexity index is 1170. The quantitative estimate of drug-likeness (QED) is 0.382. The first-order valence-corrected chi connectivity index (χ1v) is 12.9. The van der Waals surface area contributed by atoms with E-state index in [0.717, 1.165) is 48.6 Å². The van der Waals surface area contributed by atoms with Crippen LogP contribution in [0.1, 0.15) is 37.5 Å². The molecule has 3 aromatic rings. The van der Waals surface area contributed by atoms with Crippen molar-refractivity contribution in [3.8, 4) is 17.2 Å². The number of rotatable bonds is 10. The van der Waals surface area contributed by atoms with Crippen molar-refractivity contribution in [2.45, 2.75) is 32.5 Å². The van der Waals surface area contributed by atoms with E-state index < -0.39 is 12.2 Å². The molecule has 1 saturated heterocycles. The molecule has 0 radical (unpaired) electrons. The van der Waals surface area contributed by atoms with E-state index in [1.165, 1.54) is 5.69 Å². The fraction of sp³-hybridized carbons (Fsp3) is 0.355. The van der Waals surface area contributed by atoms with E-state index in [1.807, 2.05) is 36.4 Å². The van der Waals surface area contributed by atoms with Crippen LogP contribution in [0.25, 0.3) is 11.1 Å². The summed E-state index contributed by atoms with van der Waals surface area (Å²) < 4.78 is 11.9. The molecule has 37 heavy (non-hydrogen) atoms. The highest BCUT2D eigenvalue weighted by molar-refractivity contribution is 5.81. The number of carbonyl (C=O) groups is 1. The molecular formula is C31H35N3O3. The van der Waals surface area contributed by atoms with Crippen LogP contribution in [0, 0.1) is 17.2 Å². The molecule has 1 fully saturated rings. The van der Waals surface area contributed by atoms with Crippen LogP contribution >= 0.6 is 0 Å². The molecule has 1 unspecified atom stereocenters. The third-order valence-corrected chi connectivity index (χ3v) is 6.51. The summed E-state index contributed by atoms with van der Waals surface area (Å²) in [6.45, 7) is 7.46. The molecule has 1 aliphatic rings. The minimum absolute atomic E-state index is 0.0359.